The lowest BCUT2D eigenvalue weighted by molar-refractivity contribution is -0.872. The van der Waals surface area contributed by atoms with E-state index in [9.17, 15) is 0 Å². The minimum absolute atomic E-state index is 1.08. The van der Waals surface area contributed by atoms with Gasteiger partial charge in [-0.05, 0) is 55.0 Å². The topological polar surface area (TPSA) is 4.44 Å². The summed E-state index contributed by atoms with van der Waals surface area (Å²) < 4.78 is 0. The van der Waals surface area contributed by atoms with Crippen LogP contribution in [-0.4, -0.2) is 14.1 Å². The van der Waals surface area contributed by atoms with Crippen molar-refractivity contribution in [2.45, 2.75) is 42.0 Å². The molecule has 2 heteroatoms. The van der Waals surface area contributed by atoms with E-state index in [1.54, 1.807) is 11.1 Å². The van der Waals surface area contributed by atoms with Crippen LogP contribution >= 0.6 is 11.8 Å². The molecule has 0 bridgehead atoms. The molecule has 0 unspecified atom stereocenters. The van der Waals surface area contributed by atoms with Crippen molar-refractivity contribution in [2.75, 3.05) is 14.1 Å². The van der Waals surface area contributed by atoms with Gasteiger partial charge in [-0.2, -0.15) is 0 Å². The van der Waals surface area contributed by atoms with Crippen LogP contribution in [0.3, 0.4) is 0 Å². The van der Waals surface area contributed by atoms with Gasteiger partial charge in [0, 0.05) is 15.4 Å². The highest BCUT2D eigenvalue weighted by atomic mass is 32.2. The fraction of sp³-hybridized carbons (Fsp3) is 0.368. The molecule has 1 aliphatic carbocycles. The summed E-state index contributed by atoms with van der Waals surface area (Å²) in [5.74, 6) is 0. The lowest BCUT2D eigenvalue weighted by Gasteiger charge is -2.17. The molecule has 0 spiro atoms. The molecule has 0 saturated carbocycles. The Kier molecular flexibility index (Phi) is 4.67. The molecule has 0 saturated heterocycles. The molecule has 0 radical (unpaired) electrons. The van der Waals surface area contributed by atoms with Crippen molar-refractivity contribution in [1.29, 1.82) is 0 Å². The first-order valence-electron chi connectivity index (χ1n) is 7.89. The second-order valence-corrected chi connectivity index (χ2v) is 7.35. The van der Waals surface area contributed by atoms with E-state index in [0.29, 0.717) is 0 Å². The van der Waals surface area contributed by atoms with E-state index in [-0.39, 0.29) is 0 Å². The van der Waals surface area contributed by atoms with Crippen molar-refractivity contribution in [3.63, 3.8) is 0 Å². The molecule has 2 aromatic carbocycles. The first-order chi connectivity index (χ1) is 10.2. The summed E-state index contributed by atoms with van der Waals surface area (Å²) in [7, 11) is 4.42. The number of hydrogen-bond donors (Lipinski definition) is 1. The van der Waals surface area contributed by atoms with E-state index in [0.717, 1.165) is 6.54 Å². The summed E-state index contributed by atoms with van der Waals surface area (Å²) in [5, 5.41) is 0. The zero-order valence-electron chi connectivity index (χ0n) is 13.0. The maximum Gasteiger partial charge on any atom is 0.103 e. The third-order valence-corrected chi connectivity index (χ3v) is 5.17. The molecule has 1 nitrogen and oxygen atoms in total. The van der Waals surface area contributed by atoms with Crippen molar-refractivity contribution >= 4 is 11.8 Å². The number of aryl methyl sites for hydroxylation is 2. The van der Waals surface area contributed by atoms with E-state index >= 15 is 0 Å². The van der Waals surface area contributed by atoms with Crippen LogP contribution in [0.5, 0.6) is 0 Å². The Hall–Kier alpha value is -1.25. The predicted molar refractivity (Wildman–Crippen MR) is 90.2 cm³/mol. The Labute approximate surface area is 132 Å². The zero-order chi connectivity index (χ0) is 14.7. The second kappa shape index (κ2) is 6.67. The van der Waals surface area contributed by atoms with E-state index in [2.05, 4.69) is 56.6 Å². The quantitative estimate of drug-likeness (QED) is 0.907. The third kappa shape index (κ3) is 3.69. The van der Waals surface area contributed by atoms with Gasteiger partial charge in [-0.25, -0.2) is 0 Å². The maximum atomic E-state index is 2.42. The van der Waals surface area contributed by atoms with Gasteiger partial charge in [0.15, 0.2) is 0 Å². The first kappa shape index (κ1) is 14.7. The molecular weight excluding hydrogens is 274 g/mol. The van der Waals surface area contributed by atoms with Gasteiger partial charge in [0.2, 0.25) is 0 Å². The summed E-state index contributed by atoms with van der Waals surface area (Å²) in [6.07, 6.45) is 5.23. The summed E-state index contributed by atoms with van der Waals surface area (Å²) >= 11 is 1.92. The average Bonchev–Trinajstić information content (AvgIpc) is 2.49. The normalized spacial score (nSPS) is 14.2. The van der Waals surface area contributed by atoms with Crippen LogP contribution in [-0.2, 0) is 19.4 Å². The van der Waals surface area contributed by atoms with E-state index < -0.39 is 0 Å². The maximum absolute atomic E-state index is 2.42. The van der Waals surface area contributed by atoms with Gasteiger partial charge in [0.25, 0.3) is 0 Å². The molecule has 21 heavy (non-hydrogen) atoms. The minimum atomic E-state index is 1.08. The molecule has 0 aliphatic heterocycles. The highest BCUT2D eigenvalue weighted by molar-refractivity contribution is 7.99. The number of quaternary nitrogens is 1. The fourth-order valence-electron chi connectivity index (χ4n) is 3.03. The average molecular weight is 298 g/mol. The van der Waals surface area contributed by atoms with Crippen LogP contribution in [0.15, 0.2) is 52.3 Å². The van der Waals surface area contributed by atoms with Crippen LogP contribution in [0.2, 0.25) is 0 Å². The number of benzene rings is 2. The molecule has 1 aliphatic rings. The van der Waals surface area contributed by atoms with Crippen LogP contribution in [0.4, 0.5) is 0 Å². The van der Waals surface area contributed by atoms with Gasteiger partial charge in [-0.1, -0.05) is 36.0 Å². The molecule has 0 fully saturated rings. The standard InChI is InChI=1S/C19H23NS/c1-20(2)14-17-9-5-6-10-19(17)21-18-12-11-15-7-3-4-8-16(15)13-18/h5-6,9-13H,3-4,7-8,14H2,1-2H3/p+1. The van der Waals surface area contributed by atoms with E-state index in [1.807, 2.05) is 11.8 Å². The Bertz CT molecular complexity index is 619. The number of nitrogens with one attached hydrogen (secondary N) is 1. The molecule has 0 aromatic heterocycles. The molecule has 0 amide bonds. The highest BCUT2D eigenvalue weighted by Crippen LogP contribution is 2.33. The fourth-order valence-corrected chi connectivity index (χ4v) is 4.04. The van der Waals surface area contributed by atoms with Gasteiger partial charge in [0.1, 0.15) is 6.54 Å². The molecule has 2 aromatic rings. The monoisotopic (exact) mass is 298 g/mol. The molecule has 0 heterocycles. The molecular formula is C19H24NS+. The lowest BCUT2D eigenvalue weighted by atomic mass is 9.92. The molecule has 110 valence electrons. The van der Waals surface area contributed by atoms with Crippen LogP contribution in [0, 0.1) is 0 Å². The van der Waals surface area contributed by atoms with Crippen LogP contribution < -0.4 is 4.90 Å². The summed E-state index contributed by atoms with van der Waals surface area (Å²) in [5.41, 5.74) is 4.58. The number of rotatable bonds is 4. The molecule has 3 rings (SSSR count). The highest BCUT2D eigenvalue weighted by Gasteiger charge is 2.11. The Morgan fingerprint density at radius 2 is 1.71 bits per heavy atom. The zero-order valence-corrected chi connectivity index (χ0v) is 13.8. The largest absolute Gasteiger partial charge is 0.336 e. The predicted octanol–water partition coefficient (Wildman–Crippen LogP) is 3.36. The van der Waals surface area contributed by atoms with Gasteiger partial charge >= 0.3 is 0 Å². The van der Waals surface area contributed by atoms with Crippen LogP contribution in [0.25, 0.3) is 0 Å². The Morgan fingerprint density at radius 3 is 2.52 bits per heavy atom. The second-order valence-electron chi connectivity index (χ2n) is 6.23. The number of fused-ring (bicyclic) bond motifs is 1. The van der Waals surface area contributed by atoms with Crippen molar-refractivity contribution < 1.29 is 4.90 Å². The van der Waals surface area contributed by atoms with Gasteiger partial charge in [-0.3, -0.25) is 0 Å². The van der Waals surface area contributed by atoms with E-state index in [4.69, 9.17) is 0 Å². The Morgan fingerprint density at radius 1 is 0.952 bits per heavy atom. The Balaban J connectivity index is 1.83. The lowest BCUT2D eigenvalue weighted by Crippen LogP contribution is -3.04. The summed E-state index contributed by atoms with van der Waals surface area (Å²) in [4.78, 5) is 4.25. The van der Waals surface area contributed by atoms with Gasteiger partial charge in [0.05, 0.1) is 14.1 Å². The summed E-state index contributed by atoms with van der Waals surface area (Å²) in [6.45, 7) is 1.08. The minimum Gasteiger partial charge on any atom is -0.336 e. The first-order valence-corrected chi connectivity index (χ1v) is 8.70. The van der Waals surface area contributed by atoms with Crippen molar-refractivity contribution in [2.24, 2.45) is 0 Å². The number of hydrogen-bond acceptors (Lipinski definition) is 1. The van der Waals surface area contributed by atoms with Crippen LogP contribution in [0.1, 0.15) is 29.5 Å². The van der Waals surface area contributed by atoms with Gasteiger partial charge < -0.3 is 4.90 Å². The molecule has 1 N–H and O–H groups in total. The van der Waals surface area contributed by atoms with Crippen molar-refractivity contribution in [1.82, 2.24) is 0 Å². The van der Waals surface area contributed by atoms with Crippen molar-refractivity contribution in [3.8, 4) is 0 Å². The SMILES string of the molecule is C[NH+](C)Cc1ccccc1Sc1ccc2c(c1)CCCC2. The van der Waals surface area contributed by atoms with E-state index in [1.165, 1.54) is 45.9 Å². The summed E-state index contributed by atoms with van der Waals surface area (Å²) in [6, 6.07) is 15.9. The smallest absolute Gasteiger partial charge is 0.103 e. The van der Waals surface area contributed by atoms with Gasteiger partial charge in [-0.15, -0.1) is 0 Å². The van der Waals surface area contributed by atoms with Crippen molar-refractivity contribution in [3.05, 3.63) is 59.2 Å². The third-order valence-electron chi connectivity index (χ3n) is 4.06. The molecule has 0 atom stereocenters.